The third kappa shape index (κ3) is 2.12. The fraction of sp³-hybridized carbons (Fsp3) is 0.692. The molecule has 0 unspecified atom stereocenters. The van der Waals surface area contributed by atoms with Gasteiger partial charge in [-0.05, 0) is 13.8 Å². The Bertz CT molecular complexity index is 518. The minimum absolute atomic E-state index is 0.0547. The number of rotatable bonds is 3. The van der Waals surface area contributed by atoms with Crippen molar-refractivity contribution in [3.63, 3.8) is 0 Å². The van der Waals surface area contributed by atoms with Gasteiger partial charge in [-0.3, -0.25) is 9.48 Å². The Kier molecular flexibility index (Phi) is 3.48. The number of aromatic nitrogens is 2. The molecule has 3 heterocycles. The summed E-state index contributed by atoms with van der Waals surface area (Å²) in [6.45, 7) is 6.58. The smallest absolute Gasteiger partial charge is 0.235 e. The molecule has 2 fully saturated rings. The lowest BCUT2D eigenvalue weighted by Gasteiger charge is -2.24. The molecule has 0 aromatic carbocycles. The fourth-order valence-corrected chi connectivity index (χ4v) is 3.05. The summed E-state index contributed by atoms with van der Waals surface area (Å²) < 4.78 is 7.23. The molecule has 0 aliphatic carbocycles. The van der Waals surface area contributed by atoms with Crippen molar-refractivity contribution in [3.8, 4) is 0 Å². The predicted octanol–water partition coefficient (Wildman–Crippen LogP) is 1.29. The van der Waals surface area contributed by atoms with E-state index >= 15 is 0 Å². The molecule has 0 saturated carbocycles. The maximum absolute atomic E-state index is 12.6. The number of carbonyl (C=O) groups excluding carboxylic acids is 1. The Hall–Kier alpha value is -1.11. The van der Waals surface area contributed by atoms with Crippen molar-refractivity contribution in [1.82, 2.24) is 15.1 Å². The second-order valence-electron chi connectivity index (χ2n) is 5.85. The lowest BCUT2D eigenvalue weighted by atomic mass is 9.80. The van der Waals surface area contributed by atoms with Gasteiger partial charge in [0.2, 0.25) is 5.91 Å². The maximum atomic E-state index is 12.6. The van der Waals surface area contributed by atoms with Gasteiger partial charge in [0, 0.05) is 31.2 Å². The molecule has 2 N–H and O–H groups in total. The highest BCUT2D eigenvalue weighted by Crippen LogP contribution is 2.38. The van der Waals surface area contributed by atoms with Gasteiger partial charge < -0.3 is 15.4 Å². The molecule has 20 heavy (non-hydrogen) atoms. The summed E-state index contributed by atoms with van der Waals surface area (Å²) in [5.74, 6) is 0.603. The SMILES string of the molecule is CC(C)n1cc(Cl)c(NC(=O)[C@]23CNC[C@H]2COC3)n1. The van der Waals surface area contributed by atoms with Gasteiger partial charge in [-0.15, -0.1) is 0 Å². The maximum Gasteiger partial charge on any atom is 0.235 e. The van der Waals surface area contributed by atoms with E-state index in [0.29, 0.717) is 30.6 Å². The van der Waals surface area contributed by atoms with Crippen LogP contribution >= 0.6 is 11.6 Å². The monoisotopic (exact) mass is 298 g/mol. The number of anilines is 1. The van der Waals surface area contributed by atoms with E-state index in [2.05, 4.69) is 15.7 Å². The Balaban J connectivity index is 1.79. The molecule has 0 bridgehead atoms. The summed E-state index contributed by atoms with van der Waals surface area (Å²) in [5, 5.41) is 10.9. The van der Waals surface area contributed by atoms with E-state index in [4.69, 9.17) is 16.3 Å². The number of hydrogen-bond acceptors (Lipinski definition) is 4. The van der Waals surface area contributed by atoms with Gasteiger partial charge >= 0.3 is 0 Å². The number of nitrogens with one attached hydrogen (secondary N) is 2. The highest BCUT2D eigenvalue weighted by atomic mass is 35.5. The van der Waals surface area contributed by atoms with E-state index in [1.165, 1.54) is 0 Å². The molecule has 2 aliphatic heterocycles. The zero-order chi connectivity index (χ0) is 14.3. The number of ether oxygens (including phenoxy) is 1. The van der Waals surface area contributed by atoms with Crippen LogP contribution in [0.4, 0.5) is 5.82 Å². The van der Waals surface area contributed by atoms with Crippen molar-refractivity contribution in [3.05, 3.63) is 11.2 Å². The number of fused-ring (bicyclic) bond motifs is 1. The summed E-state index contributed by atoms with van der Waals surface area (Å²) in [5.41, 5.74) is -0.481. The molecule has 2 aliphatic rings. The first kappa shape index (κ1) is 13.9. The van der Waals surface area contributed by atoms with Crippen LogP contribution in [0.3, 0.4) is 0 Å². The number of nitrogens with zero attached hydrogens (tertiary/aromatic N) is 2. The first-order valence-corrected chi connectivity index (χ1v) is 7.25. The molecule has 1 aromatic rings. The molecule has 2 saturated heterocycles. The molecular weight excluding hydrogens is 280 g/mol. The molecule has 2 atom stereocenters. The highest BCUT2D eigenvalue weighted by molar-refractivity contribution is 6.33. The minimum atomic E-state index is -0.481. The lowest BCUT2D eigenvalue weighted by Crippen LogP contribution is -2.42. The number of carbonyl (C=O) groups is 1. The zero-order valence-corrected chi connectivity index (χ0v) is 12.4. The Morgan fingerprint density at radius 2 is 2.50 bits per heavy atom. The highest BCUT2D eigenvalue weighted by Gasteiger charge is 2.53. The second-order valence-corrected chi connectivity index (χ2v) is 6.26. The summed E-state index contributed by atoms with van der Waals surface area (Å²) in [6, 6.07) is 0.201. The van der Waals surface area contributed by atoms with E-state index in [0.717, 1.165) is 6.54 Å². The Morgan fingerprint density at radius 1 is 1.70 bits per heavy atom. The van der Waals surface area contributed by atoms with Crippen molar-refractivity contribution in [2.45, 2.75) is 19.9 Å². The van der Waals surface area contributed by atoms with Gasteiger partial charge in [-0.2, -0.15) is 5.10 Å². The molecule has 6 nitrogen and oxygen atoms in total. The van der Waals surface area contributed by atoms with Gasteiger partial charge in [0.15, 0.2) is 5.82 Å². The standard InChI is InChI=1S/C13H19ClN4O2/c1-8(2)18-4-10(14)11(17-18)16-12(19)13-6-15-3-9(13)5-20-7-13/h4,8-9,15H,3,5-7H2,1-2H3,(H,16,17,19)/t9-,13-/m0/s1. The third-order valence-electron chi connectivity index (χ3n) is 4.19. The van der Waals surface area contributed by atoms with Crippen LogP contribution in [-0.2, 0) is 9.53 Å². The average molecular weight is 299 g/mol. The third-order valence-corrected chi connectivity index (χ3v) is 4.47. The van der Waals surface area contributed by atoms with Crippen LogP contribution in [0.15, 0.2) is 6.20 Å². The molecule has 0 radical (unpaired) electrons. The van der Waals surface area contributed by atoms with Crippen LogP contribution in [0.5, 0.6) is 0 Å². The fourth-order valence-electron chi connectivity index (χ4n) is 2.86. The minimum Gasteiger partial charge on any atom is -0.380 e. The Labute approximate surface area is 122 Å². The van der Waals surface area contributed by atoms with Gasteiger partial charge in [-0.25, -0.2) is 0 Å². The van der Waals surface area contributed by atoms with Crippen molar-refractivity contribution in [2.75, 3.05) is 31.6 Å². The topological polar surface area (TPSA) is 68.2 Å². The van der Waals surface area contributed by atoms with E-state index in [-0.39, 0.29) is 17.9 Å². The molecule has 3 rings (SSSR count). The quantitative estimate of drug-likeness (QED) is 0.882. The van der Waals surface area contributed by atoms with Crippen LogP contribution < -0.4 is 10.6 Å². The number of halogens is 1. The predicted molar refractivity (Wildman–Crippen MR) is 75.9 cm³/mol. The van der Waals surface area contributed by atoms with E-state index in [9.17, 15) is 4.79 Å². The summed E-state index contributed by atoms with van der Waals surface area (Å²) in [6.07, 6.45) is 1.73. The molecule has 1 amide bonds. The van der Waals surface area contributed by atoms with Crippen LogP contribution in [0.25, 0.3) is 0 Å². The first-order chi connectivity index (χ1) is 9.53. The molecule has 7 heteroatoms. The van der Waals surface area contributed by atoms with Crippen molar-refractivity contribution in [1.29, 1.82) is 0 Å². The number of hydrogen-bond donors (Lipinski definition) is 2. The summed E-state index contributed by atoms with van der Waals surface area (Å²) in [4.78, 5) is 12.6. The lowest BCUT2D eigenvalue weighted by molar-refractivity contribution is -0.125. The molecule has 110 valence electrons. The van der Waals surface area contributed by atoms with Gasteiger partial charge in [0.1, 0.15) is 5.02 Å². The van der Waals surface area contributed by atoms with E-state index in [1.807, 2.05) is 13.8 Å². The normalized spacial score (nSPS) is 28.9. The van der Waals surface area contributed by atoms with Crippen LogP contribution in [0, 0.1) is 11.3 Å². The summed E-state index contributed by atoms with van der Waals surface area (Å²) >= 11 is 6.14. The molecule has 1 aromatic heterocycles. The van der Waals surface area contributed by atoms with Crippen molar-refractivity contribution < 1.29 is 9.53 Å². The number of amides is 1. The van der Waals surface area contributed by atoms with Gasteiger partial charge in [-0.1, -0.05) is 11.6 Å². The summed E-state index contributed by atoms with van der Waals surface area (Å²) in [7, 11) is 0. The van der Waals surface area contributed by atoms with E-state index < -0.39 is 5.41 Å². The van der Waals surface area contributed by atoms with Crippen LogP contribution in [0.2, 0.25) is 5.02 Å². The van der Waals surface area contributed by atoms with E-state index in [1.54, 1.807) is 10.9 Å². The zero-order valence-electron chi connectivity index (χ0n) is 11.6. The second kappa shape index (κ2) is 5.02. The molecule has 0 spiro atoms. The van der Waals surface area contributed by atoms with Crippen LogP contribution in [0.1, 0.15) is 19.9 Å². The average Bonchev–Trinajstić information content (AvgIpc) is 3.03. The molecular formula is C13H19ClN4O2. The van der Waals surface area contributed by atoms with Crippen molar-refractivity contribution >= 4 is 23.3 Å². The Morgan fingerprint density at radius 3 is 3.20 bits per heavy atom. The van der Waals surface area contributed by atoms with Crippen molar-refractivity contribution in [2.24, 2.45) is 11.3 Å². The largest absolute Gasteiger partial charge is 0.380 e. The van der Waals surface area contributed by atoms with Gasteiger partial charge in [0.05, 0.1) is 18.6 Å². The van der Waals surface area contributed by atoms with Crippen LogP contribution in [-0.4, -0.2) is 42.0 Å². The first-order valence-electron chi connectivity index (χ1n) is 6.87. The van der Waals surface area contributed by atoms with Gasteiger partial charge in [0.25, 0.3) is 0 Å².